The molecule has 0 radical (unpaired) electrons. The second-order valence-corrected chi connectivity index (χ2v) is 6.73. The molecule has 0 aliphatic rings. The molecule has 0 fully saturated rings. The highest BCUT2D eigenvalue weighted by atomic mass is 16.2. The zero-order chi connectivity index (χ0) is 18.5. The van der Waals surface area contributed by atoms with Gasteiger partial charge in [0.15, 0.2) is 0 Å². The van der Waals surface area contributed by atoms with Crippen LogP contribution in [0.1, 0.15) is 28.4 Å². The van der Waals surface area contributed by atoms with Gasteiger partial charge in [0.05, 0.1) is 5.52 Å². The van der Waals surface area contributed by atoms with Gasteiger partial charge in [-0.05, 0) is 48.0 Å². The highest BCUT2D eigenvalue weighted by molar-refractivity contribution is 5.93. The maximum atomic E-state index is 12.0. The van der Waals surface area contributed by atoms with E-state index in [2.05, 4.69) is 41.1 Å². The number of carbonyl (C=O) groups is 1. The van der Waals surface area contributed by atoms with Crippen molar-refractivity contribution in [2.75, 3.05) is 20.6 Å². The number of fused-ring (bicyclic) bond motifs is 1. The minimum absolute atomic E-state index is 0.0358. The highest BCUT2D eigenvalue weighted by Crippen LogP contribution is 2.16. The summed E-state index contributed by atoms with van der Waals surface area (Å²) in [5, 5.41) is 1.17. The van der Waals surface area contributed by atoms with Crippen LogP contribution in [0.4, 0.5) is 0 Å². The lowest BCUT2D eigenvalue weighted by molar-refractivity contribution is 0.0827. The Bertz CT molecular complexity index is 887. The Morgan fingerprint density at radius 2 is 1.65 bits per heavy atom. The molecule has 0 saturated heterocycles. The van der Waals surface area contributed by atoms with Gasteiger partial charge in [0.25, 0.3) is 5.91 Å². The van der Waals surface area contributed by atoms with E-state index < -0.39 is 0 Å². The van der Waals surface area contributed by atoms with Crippen LogP contribution in [-0.2, 0) is 13.1 Å². The molecule has 0 saturated carbocycles. The number of rotatable bonds is 6. The summed E-state index contributed by atoms with van der Waals surface area (Å²) in [7, 11) is 3.54. The molecule has 4 heteroatoms. The summed E-state index contributed by atoms with van der Waals surface area (Å²) in [6.07, 6.45) is 1.82. The average Bonchev–Trinajstić information content (AvgIpc) is 2.67. The van der Waals surface area contributed by atoms with Gasteiger partial charge >= 0.3 is 0 Å². The largest absolute Gasteiger partial charge is 0.345 e. The summed E-state index contributed by atoms with van der Waals surface area (Å²) in [5.74, 6) is 0.0358. The third kappa shape index (κ3) is 4.27. The molecule has 0 spiro atoms. The minimum atomic E-state index is 0.0358. The monoisotopic (exact) mass is 347 g/mol. The van der Waals surface area contributed by atoms with Gasteiger partial charge in [-0.15, -0.1) is 0 Å². The molecular formula is C22H25N3O. The lowest BCUT2D eigenvalue weighted by Crippen LogP contribution is -2.23. The van der Waals surface area contributed by atoms with E-state index in [1.807, 2.05) is 36.5 Å². The zero-order valence-corrected chi connectivity index (χ0v) is 15.6. The van der Waals surface area contributed by atoms with Crippen molar-refractivity contribution in [3.63, 3.8) is 0 Å². The number of carbonyl (C=O) groups excluding carboxylic acids is 1. The Morgan fingerprint density at radius 3 is 2.35 bits per heavy atom. The first-order chi connectivity index (χ1) is 12.6. The van der Waals surface area contributed by atoms with Gasteiger partial charge in [0.2, 0.25) is 0 Å². The van der Waals surface area contributed by atoms with Crippen molar-refractivity contribution < 1.29 is 4.79 Å². The Kier molecular flexibility index (Phi) is 5.64. The number of hydrogen-bond acceptors (Lipinski definition) is 3. The lowest BCUT2D eigenvalue weighted by atomic mass is 10.1. The summed E-state index contributed by atoms with van der Waals surface area (Å²) in [4.78, 5) is 20.4. The molecule has 0 N–H and O–H groups in total. The maximum Gasteiger partial charge on any atom is 0.253 e. The standard InChI is InChI=1S/C22H25N3O/c1-4-25(15-17-7-10-19(11-8-17)22(26)24(2)3)16-18-9-12-21-20(14-18)6-5-13-23-21/h5-14H,4,15-16H2,1-3H3. The number of pyridine rings is 1. The van der Waals surface area contributed by atoms with Crippen LogP contribution in [0, 0.1) is 0 Å². The molecular weight excluding hydrogens is 322 g/mol. The highest BCUT2D eigenvalue weighted by Gasteiger charge is 2.09. The minimum Gasteiger partial charge on any atom is -0.345 e. The molecule has 4 nitrogen and oxygen atoms in total. The maximum absolute atomic E-state index is 12.0. The molecule has 3 aromatic rings. The molecule has 1 aromatic heterocycles. The Labute approximate surface area is 155 Å². The van der Waals surface area contributed by atoms with Gasteiger partial charge in [-0.1, -0.05) is 31.2 Å². The van der Waals surface area contributed by atoms with Crippen molar-refractivity contribution in [2.24, 2.45) is 0 Å². The summed E-state index contributed by atoms with van der Waals surface area (Å²) in [6.45, 7) is 4.88. The Hall–Kier alpha value is -2.72. The van der Waals surface area contributed by atoms with E-state index in [9.17, 15) is 4.79 Å². The molecule has 0 aliphatic heterocycles. The molecule has 0 bridgehead atoms. The van der Waals surface area contributed by atoms with Crippen molar-refractivity contribution in [1.29, 1.82) is 0 Å². The first-order valence-corrected chi connectivity index (χ1v) is 8.93. The first-order valence-electron chi connectivity index (χ1n) is 8.93. The van der Waals surface area contributed by atoms with Crippen LogP contribution >= 0.6 is 0 Å². The van der Waals surface area contributed by atoms with Gasteiger partial charge in [-0.25, -0.2) is 0 Å². The zero-order valence-electron chi connectivity index (χ0n) is 15.6. The predicted molar refractivity (Wildman–Crippen MR) is 106 cm³/mol. The normalized spacial score (nSPS) is 11.1. The summed E-state index contributed by atoms with van der Waals surface area (Å²) in [5.41, 5.74) is 4.25. The quantitative estimate of drug-likeness (QED) is 0.677. The number of benzene rings is 2. The molecule has 1 heterocycles. The second kappa shape index (κ2) is 8.11. The topological polar surface area (TPSA) is 36.4 Å². The molecule has 1 amide bonds. The third-order valence-electron chi connectivity index (χ3n) is 4.53. The predicted octanol–water partition coefficient (Wildman–Crippen LogP) is 3.96. The summed E-state index contributed by atoms with van der Waals surface area (Å²) >= 11 is 0. The molecule has 2 aromatic carbocycles. The SMILES string of the molecule is CCN(Cc1ccc(C(=O)N(C)C)cc1)Cc1ccc2ncccc2c1. The van der Waals surface area contributed by atoms with Gasteiger partial charge in [-0.2, -0.15) is 0 Å². The van der Waals surface area contributed by atoms with Crippen molar-refractivity contribution in [1.82, 2.24) is 14.8 Å². The van der Waals surface area contributed by atoms with E-state index in [1.54, 1.807) is 19.0 Å². The fraction of sp³-hybridized carbons (Fsp3) is 0.273. The van der Waals surface area contributed by atoms with Crippen LogP contribution in [0.25, 0.3) is 10.9 Å². The fourth-order valence-corrected chi connectivity index (χ4v) is 3.03. The Balaban J connectivity index is 1.69. The van der Waals surface area contributed by atoms with E-state index in [1.165, 1.54) is 16.5 Å². The second-order valence-electron chi connectivity index (χ2n) is 6.73. The van der Waals surface area contributed by atoms with Crippen molar-refractivity contribution in [3.8, 4) is 0 Å². The number of aromatic nitrogens is 1. The molecule has 3 rings (SSSR count). The van der Waals surface area contributed by atoms with Crippen LogP contribution in [0.15, 0.2) is 60.8 Å². The number of amides is 1. The van der Waals surface area contributed by atoms with Crippen LogP contribution in [0.5, 0.6) is 0 Å². The van der Waals surface area contributed by atoms with Crippen molar-refractivity contribution in [3.05, 3.63) is 77.5 Å². The van der Waals surface area contributed by atoms with Gasteiger partial charge < -0.3 is 4.90 Å². The first kappa shape index (κ1) is 18.1. The number of nitrogens with zero attached hydrogens (tertiary/aromatic N) is 3. The molecule has 0 aliphatic carbocycles. The fourth-order valence-electron chi connectivity index (χ4n) is 3.03. The molecule has 26 heavy (non-hydrogen) atoms. The molecule has 134 valence electrons. The van der Waals surface area contributed by atoms with E-state index in [4.69, 9.17) is 0 Å². The van der Waals surface area contributed by atoms with Gasteiger partial charge in [0.1, 0.15) is 0 Å². The molecule has 0 unspecified atom stereocenters. The molecule has 0 atom stereocenters. The van der Waals surface area contributed by atoms with Gasteiger partial charge in [0, 0.05) is 44.3 Å². The van der Waals surface area contributed by atoms with Crippen LogP contribution in [-0.4, -0.2) is 41.3 Å². The van der Waals surface area contributed by atoms with Crippen molar-refractivity contribution in [2.45, 2.75) is 20.0 Å². The van der Waals surface area contributed by atoms with Crippen LogP contribution in [0.3, 0.4) is 0 Å². The van der Waals surface area contributed by atoms with E-state index in [0.29, 0.717) is 0 Å². The van der Waals surface area contributed by atoms with E-state index in [0.717, 1.165) is 30.7 Å². The van der Waals surface area contributed by atoms with E-state index in [-0.39, 0.29) is 5.91 Å². The van der Waals surface area contributed by atoms with Crippen molar-refractivity contribution >= 4 is 16.8 Å². The third-order valence-corrected chi connectivity index (χ3v) is 4.53. The smallest absolute Gasteiger partial charge is 0.253 e. The van der Waals surface area contributed by atoms with E-state index >= 15 is 0 Å². The summed E-state index contributed by atoms with van der Waals surface area (Å²) < 4.78 is 0. The Morgan fingerprint density at radius 1 is 0.962 bits per heavy atom. The van der Waals surface area contributed by atoms with Gasteiger partial charge in [-0.3, -0.25) is 14.7 Å². The summed E-state index contributed by atoms with van der Waals surface area (Å²) in [6, 6.07) is 18.4. The lowest BCUT2D eigenvalue weighted by Gasteiger charge is -2.21. The average molecular weight is 347 g/mol. The number of hydrogen-bond donors (Lipinski definition) is 0. The van der Waals surface area contributed by atoms with Crippen LogP contribution in [0.2, 0.25) is 0 Å². The van der Waals surface area contributed by atoms with Crippen LogP contribution < -0.4 is 0 Å².